The lowest BCUT2D eigenvalue weighted by atomic mass is 10.1. The van der Waals surface area contributed by atoms with E-state index in [1.165, 1.54) is 23.2 Å². The van der Waals surface area contributed by atoms with E-state index in [0.717, 1.165) is 40.3 Å². The minimum absolute atomic E-state index is 0.309. The highest BCUT2D eigenvalue weighted by Gasteiger charge is 2.20. The number of esters is 1. The zero-order valence-corrected chi connectivity index (χ0v) is 17.1. The zero-order chi connectivity index (χ0) is 20.2. The van der Waals surface area contributed by atoms with Crippen LogP contribution in [0.1, 0.15) is 27.7 Å². The molecule has 0 aliphatic rings. The number of carbonyl (C=O) groups is 1. The maximum atomic E-state index is 12.2. The monoisotopic (exact) mass is 407 g/mol. The van der Waals surface area contributed by atoms with Gasteiger partial charge in [0.25, 0.3) is 0 Å². The van der Waals surface area contributed by atoms with Gasteiger partial charge in [0.15, 0.2) is 0 Å². The molecule has 29 heavy (non-hydrogen) atoms. The number of ether oxygens (including phenoxy) is 1. The number of aromatic nitrogens is 4. The van der Waals surface area contributed by atoms with Gasteiger partial charge >= 0.3 is 5.97 Å². The van der Waals surface area contributed by atoms with Gasteiger partial charge in [-0.1, -0.05) is 12.1 Å². The first kappa shape index (κ1) is 19.1. The molecule has 3 heterocycles. The number of hydrogen-bond acceptors (Lipinski definition) is 7. The molecule has 0 bridgehead atoms. The second-order valence-corrected chi connectivity index (χ2v) is 7.47. The Morgan fingerprint density at radius 2 is 2.07 bits per heavy atom. The highest BCUT2D eigenvalue weighted by molar-refractivity contribution is 7.20. The summed E-state index contributed by atoms with van der Waals surface area (Å²) in [6, 6.07) is 10.2. The molecule has 0 fully saturated rings. The lowest BCUT2D eigenvalue weighted by Crippen LogP contribution is -2.07. The Morgan fingerprint density at radius 3 is 2.79 bits per heavy atom. The predicted octanol–water partition coefficient (Wildman–Crippen LogP) is 4.02. The number of fused-ring (bicyclic) bond motifs is 1. The fourth-order valence-electron chi connectivity index (χ4n) is 3.16. The van der Waals surface area contributed by atoms with Gasteiger partial charge in [0, 0.05) is 18.9 Å². The normalized spacial score (nSPS) is 11.0. The zero-order valence-electron chi connectivity index (χ0n) is 16.3. The van der Waals surface area contributed by atoms with Crippen LogP contribution in [0.3, 0.4) is 0 Å². The van der Waals surface area contributed by atoms with Gasteiger partial charge in [0.1, 0.15) is 21.9 Å². The molecule has 1 aromatic carbocycles. The van der Waals surface area contributed by atoms with Crippen LogP contribution in [0.5, 0.6) is 0 Å². The number of thiophene rings is 1. The SMILES string of the molecule is CCOC(=O)c1sc2ncnc(NCCc3ccc(-n4cccn4)cc3)c2c1C. The lowest BCUT2D eigenvalue weighted by Gasteiger charge is -2.08. The average molecular weight is 407 g/mol. The van der Waals surface area contributed by atoms with Crippen LogP contribution in [0, 0.1) is 6.92 Å². The number of rotatable bonds is 7. The Kier molecular flexibility index (Phi) is 5.53. The molecule has 4 rings (SSSR count). The summed E-state index contributed by atoms with van der Waals surface area (Å²) in [5, 5.41) is 8.51. The molecule has 0 spiro atoms. The topological polar surface area (TPSA) is 81.9 Å². The lowest BCUT2D eigenvalue weighted by molar-refractivity contribution is 0.0531. The molecule has 0 radical (unpaired) electrons. The van der Waals surface area contributed by atoms with Crippen LogP contribution in [-0.2, 0) is 11.2 Å². The molecule has 0 atom stereocenters. The van der Waals surface area contributed by atoms with Gasteiger partial charge in [0.2, 0.25) is 0 Å². The van der Waals surface area contributed by atoms with Crippen molar-refractivity contribution in [2.24, 2.45) is 0 Å². The molecular weight excluding hydrogens is 386 g/mol. The number of anilines is 1. The van der Waals surface area contributed by atoms with E-state index in [2.05, 4.69) is 44.6 Å². The van der Waals surface area contributed by atoms with E-state index in [9.17, 15) is 4.79 Å². The molecule has 4 aromatic rings. The van der Waals surface area contributed by atoms with Crippen molar-refractivity contribution in [3.8, 4) is 5.69 Å². The number of carbonyl (C=O) groups excluding carboxylic acids is 1. The fourth-order valence-corrected chi connectivity index (χ4v) is 4.20. The molecule has 0 saturated carbocycles. The Balaban J connectivity index is 1.46. The number of hydrogen-bond donors (Lipinski definition) is 1. The largest absolute Gasteiger partial charge is 0.462 e. The number of benzene rings is 1. The first-order valence-corrected chi connectivity index (χ1v) is 10.2. The van der Waals surface area contributed by atoms with E-state index in [-0.39, 0.29) is 5.97 Å². The van der Waals surface area contributed by atoms with E-state index >= 15 is 0 Å². The van der Waals surface area contributed by atoms with Crippen molar-refractivity contribution < 1.29 is 9.53 Å². The van der Waals surface area contributed by atoms with Gasteiger partial charge in [-0.25, -0.2) is 19.4 Å². The molecule has 7 nitrogen and oxygen atoms in total. The van der Waals surface area contributed by atoms with Gasteiger partial charge in [-0.05, 0) is 49.6 Å². The first-order valence-electron chi connectivity index (χ1n) is 9.41. The maximum Gasteiger partial charge on any atom is 0.348 e. The summed E-state index contributed by atoms with van der Waals surface area (Å²) in [7, 11) is 0. The summed E-state index contributed by atoms with van der Waals surface area (Å²) in [4.78, 5) is 22.2. The van der Waals surface area contributed by atoms with Crippen molar-refractivity contribution in [3.05, 3.63) is 65.1 Å². The van der Waals surface area contributed by atoms with E-state index < -0.39 is 0 Å². The van der Waals surface area contributed by atoms with E-state index in [0.29, 0.717) is 11.5 Å². The molecule has 0 aliphatic heterocycles. The smallest absolute Gasteiger partial charge is 0.348 e. The van der Waals surface area contributed by atoms with Crippen LogP contribution < -0.4 is 5.32 Å². The van der Waals surface area contributed by atoms with Crippen molar-refractivity contribution in [1.82, 2.24) is 19.7 Å². The minimum Gasteiger partial charge on any atom is -0.462 e. The Hall–Kier alpha value is -3.26. The summed E-state index contributed by atoms with van der Waals surface area (Å²) >= 11 is 1.34. The van der Waals surface area contributed by atoms with Crippen molar-refractivity contribution in [2.75, 3.05) is 18.5 Å². The second-order valence-electron chi connectivity index (χ2n) is 6.47. The van der Waals surface area contributed by atoms with Crippen LogP contribution in [0.4, 0.5) is 5.82 Å². The number of nitrogens with zero attached hydrogens (tertiary/aromatic N) is 4. The molecule has 1 N–H and O–H groups in total. The van der Waals surface area contributed by atoms with E-state index in [1.807, 2.05) is 23.9 Å². The maximum absolute atomic E-state index is 12.2. The third kappa shape index (κ3) is 3.97. The molecule has 0 saturated heterocycles. The summed E-state index contributed by atoms with van der Waals surface area (Å²) in [5.74, 6) is 0.434. The van der Waals surface area contributed by atoms with Gasteiger partial charge in [0.05, 0.1) is 17.7 Å². The molecule has 0 aliphatic carbocycles. The molecule has 8 heteroatoms. The van der Waals surface area contributed by atoms with Gasteiger partial charge in [-0.15, -0.1) is 11.3 Å². The van der Waals surface area contributed by atoms with Gasteiger partial charge in [-0.2, -0.15) is 5.10 Å². The summed E-state index contributed by atoms with van der Waals surface area (Å²) in [6.45, 7) is 4.78. The van der Waals surface area contributed by atoms with Crippen molar-refractivity contribution in [2.45, 2.75) is 20.3 Å². The number of aryl methyl sites for hydroxylation is 1. The predicted molar refractivity (Wildman–Crippen MR) is 114 cm³/mol. The van der Waals surface area contributed by atoms with Crippen LogP contribution in [-0.4, -0.2) is 38.9 Å². The molecule has 0 amide bonds. The van der Waals surface area contributed by atoms with Crippen molar-refractivity contribution in [1.29, 1.82) is 0 Å². The van der Waals surface area contributed by atoms with E-state index in [1.54, 1.807) is 13.1 Å². The van der Waals surface area contributed by atoms with Crippen LogP contribution in [0.25, 0.3) is 15.9 Å². The Morgan fingerprint density at radius 1 is 1.24 bits per heavy atom. The number of nitrogens with one attached hydrogen (secondary N) is 1. The summed E-state index contributed by atoms with van der Waals surface area (Å²) in [5.41, 5.74) is 3.10. The van der Waals surface area contributed by atoms with Crippen molar-refractivity contribution >= 4 is 33.3 Å². The second kappa shape index (κ2) is 8.40. The van der Waals surface area contributed by atoms with Gasteiger partial charge in [-0.3, -0.25) is 0 Å². The van der Waals surface area contributed by atoms with Crippen LogP contribution in [0.2, 0.25) is 0 Å². The third-order valence-electron chi connectivity index (χ3n) is 4.60. The quantitative estimate of drug-likeness (QED) is 0.466. The van der Waals surface area contributed by atoms with Crippen molar-refractivity contribution in [3.63, 3.8) is 0 Å². The van der Waals surface area contributed by atoms with Crippen LogP contribution >= 0.6 is 11.3 Å². The fraction of sp³-hybridized carbons (Fsp3) is 0.238. The standard InChI is InChI=1S/C21H21N5O2S/c1-3-28-21(27)18-14(2)17-19(23-13-24-20(17)29-18)22-11-9-15-5-7-16(8-6-15)26-12-4-10-25-26/h4-8,10,12-13H,3,9,11H2,1-2H3,(H,22,23,24). The Bertz CT molecular complexity index is 1120. The van der Waals surface area contributed by atoms with Crippen LogP contribution in [0.15, 0.2) is 49.1 Å². The first-order chi connectivity index (χ1) is 14.2. The Labute approximate surface area is 172 Å². The molecule has 148 valence electrons. The summed E-state index contributed by atoms with van der Waals surface area (Å²) in [6.07, 6.45) is 6.05. The molecular formula is C21H21N5O2S. The average Bonchev–Trinajstić information content (AvgIpc) is 3.38. The highest BCUT2D eigenvalue weighted by Crippen LogP contribution is 2.33. The summed E-state index contributed by atoms with van der Waals surface area (Å²) < 4.78 is 6.98. The minimum atomic E-state index is -0.309. The highest BCUT2D eigenvalue weighted by atomic mass is 32.1. The molecule has 3 aromatic heterocycles. The van der Waals surface area contributed by atoms with Gasteiger partial charge < -0.3 is 10.1 Å². The van der Waals surface area contributed by atoms with E-state index in [4.69, 9.17) is 4.74 Å². The third-order valence-corrected chi connectivity index (χ3v) is 5.78. The molecule has 0 unspecified atom stereocenters.